The molecular weight excluding hydrogens is 317 g/mol. The van der Waals surface area contributed by atoms with Crippen LogP contribution >= 0.6 is 0 Å². The number of halogens is 3. The van der Waals surface area contributed by atoms with Gasteiger partial charge in [0.15, 0.2) is 0 Å². The van der Waals surface area contributed by atoms with Crippen molar-refractivity contribution in [3.05, 3.63) is 33.9 Å². The van der Waals surface area contributed by atoms with E-state index in [1.54, 1.807) is 0 Å². The molecule has 0 amide bonds. The summed E-state index contributed by atoms with van der Waals surface area (Å²) in [6, 6.07) is 2.64. The second-order valence-electron chi connectivity index (χ2n) is 5.52. The summed E-state index contributed by atoms with van der Waals surface area (Å²) < 4.78 is 38.7. The third-order valence-electron chi connectivity index (χ3n) is 3.95. The van der Waals surface area contributed by atoms with Crippen LogP contribution in [0.4, 0.5) is 24.5 Å². The fourth-order valence-electron chi connectivity index (χ4n) is 2.73. The molecule has 2 rings (SSSR count). The molecule has 0 aliphatic heterocycles. The Bertz CT molecular complexity index is 611. The molecule has 0 saturated heterocycles. The van der Waals surface area contributed by atoms with Crippen LogP contribution in [0.5, 0.6) is 0 Å². The van der Waals surface area contributed by atoms with E-state index >= 15 is 0 Å². The summed E-state index contributed by atoms with van der Waals surface area (Å²) in [6.07, 6.45) is -2.87. The second-order valence-corrected chi connectivity index (χ2v) is 5.52. The molecule has 1 aliphatic rings. The molecule has 1 aliphatic carbocycles. The normalized spacial score (nSPS) is 21.7. The summed E-state index contributed by atoms with van der Waals surface area (Å²) in [5, 5.41) is 22.5. The van der Waals surface area contributed by atoms with Crippen molar-refractivity contribution in [2.45, 2.75) is 37.9 Å². The molecule has 1 saturated carbocycles. The van der Waals surface area contributed by atoms with E-state index in [2.05, 4.69) is 5.32 Å². The van der Waals surface area contributed by atoms with Gasteiger partial charge in [-0.25, -0.2) is 0 Å². The lowest BCUT2D eigenvalue weighted by Crippen LogP contribution is -2.29. The number of carboxylic acid groups (broad SMARTS) is 1. The zero-order chi connectivity index (χ0) is 17.2. The van der Waals surface area contributed by atoms with E-state index in [9.17, 15) is 28.1 Å². The lowest BCUT2D eigenvalue weighted by molar-refractivity contribution is -0.388. The van der Waals surface area contributed by atoms with Crippen molar-refractivity contribution in [1.29, 1.82) is 0 Å². The molecule has 6 nitrogen and oxygen atoms in total. The van der Waals surface area contributed by atoms with Crippen molar-refractivity contribution in [2.24, 2.45) is 5.92 Å². The van der Waals surface area contributed by atoms with Crippen LogP contribution in [-0.4, -0.2) is 22.0 Å². The standard InChI is InChI=1S/C14H15F3N2O4/c15-14(16,17)11-7-10(5-6-12(11)19(22)23)18-9-3-1-8(2-4-9)13(20)21/h5-9,18H,1-4H2,(H,20,21)/t8-,9-. The van der Waals surface area contributed by atoms with Crippen molar-refractivity contribution < 1.29 is 28.0 Å². The van der Waals surface area contributed by atoms with Crippen molar-refractivity contribution in [2.75, 3.05) is 5.32 Å². The van der Waals surface area contributed by atoms with Crippen molar-refractivity contribution in [1.82, 2.24) is 0 Å². The Kier molecular flexibility index (Phi) is 4.76. The van der Waals surface area contributed by atoms with E-state index < -0.39 is 34.2 Å². The molecule has 9 heteroatoms. The highest BCUT2D eigenvalue weighted by Crippen LogP contribution is 2.38. The largest absolute Gasteiger partial charge is 0.481 e. The van der Waals surface area contributed by atoms with E-state index in [0.29, 0.717) is 25.7 Å². The number of carboxylic acids is 1. The number of nitrogens with zero attached hydrogens (tertiary/aromatic N) is 1. The number of rotatable bonds is 4. The number of nitro groups is 1. The summed E-state index contributed by atoms with van der Waals surface area (Å²) >= 11 is 0. The number of benzene rings is 1. The third kappa shape index (κ3) is 4.11. The first-order valence-electron chi connectivity index (χ1n) is 7.03. The van der Waals surface area contributed by atoms with Crippen molar-refractivity contribution in [3.63, 3.8) is 0 Å². The number of alkyl halides is 3. The maximum absolute atomic E-state index is 12.9. The number of nitrogens with one attached hydrogen (secondary N) is 1. The van der Waals surface area contributed by atoms with Crippen LogP contribution in [0.25, 0.3) is 0 Å². The predicted molar refractivity (Wildman–Crippen MR) is 75.1 cm³/mol. The Morgan fingerprint density at radius 3 is 2.35 bits per heavy atom. The van der Waals surface area contributed by atoms with Gasteiger partial charge in [-0.15, -0.1) is 0 Å². The van der Waals surface area contributed by atoms with Crippen molar-refractivity contribution in [3.8, 4) is 0 Å². The van der Waals surface area contributed by atoms with Gasteiger partial charge in [-0.05, 0) is 37.8 Å². The molecular formula is C14H15F3N2O4. The van der Waals surface area contributed by atoms with E-state index in [4.69, 9.17) is 5.11 Å². The van der Waals surface area contributed by atoms with Crippen LogP contribution in [0, 0.1) is 16.0 Å². The first kappa shape index (κ1) is 17.0. The Labute approximate surface area is 129 Å². The summed E-state index contributed by atoms with van der Waals surface area (Å²) in [7, 11) is 0. The van der Waals surface area contributed by atoms with Gasteiger partial charge in [-0.3, -0.25) is 14.9 Å². The topological polar surface area (TPSA) is 92.5 Å². The van der Waals surface area contributed by atoms with Crippen LogP contribution in [0.1, 0.15) is 31.2 Å². The van der Waals surface area contributed by atoms with Crippen LogP contribution in [-0.2, 0) is 11.0 Å². The fraction of sp³-hybridized carbons (Fsp3) is 0.500. The summed E-state index contributed by atoms with van der Waals surface area (Å²) in [5.74, 6) is -1.28. The first-order valence-corrected chi connectivity index (χ1v) is 7.03. The van der Waals surface area contributed by atoms with E-state index in [0.717, 1.165) is 12.1 Å². The molecule has 0 bridgehead atoms. The summed E-state index contributed by atoms with van der Waals surface area (Å²) in [5.41, 5.74) is -2.15. The van der Waals surface area contributed by atoms with Crippen LogP contribution in [0.2, 0.25) is 0 Å². The van der Waals surface area contributed by atoms with Gasteiger partial charge in [0.1, 0.15) is 5.56 Å². The molecule has 23 heavy (non-hydrogen) atoms. The van der Waals surface area contributed by atoms with E-state index in [-0.39, 0.29) is 11.7 Å². The Hall–Kier alpha value is -2.32. The highest BCUT2D eigenvalue weighted by Gasteiger charge is 2.38. The predicted octanol–water partition coefficient (Wildman–Crippen LogP) is 3.67. The van der Waals surface area contributed by atoms with Gasteiger partial charge in [0, 0.05) is 17.8 Å². The van der Waals surface area contributed by atoms with Gasteiger partial charge in [-0.2, -0.15) is 13.2 Å². The maximum Gasteiger partial charge on any atom is 0.423 e. The van der Waals surface area contributed by atoms with Gasteiger partial charge in [0.05, 0.1) is 10.8 Å². The van der Waals surface area contributed by atoms with E-state index in [1.165, 1.54) is 6.07 Å². The molecule has 1 fully saturated rings. The molecule has 2 N–H and O–H groups in total. The Morgan fingerprint density at radius 2 is 1.87 bits per heavy atom. The third-order valence-corrected chi connectivity index (χ3v) is 3.95. The summed E-state index contributed by atoms with van der Waals surface area (Å²) in [4.78, 5) is 20.5. The smallest absolute Gasteiger partial charge is 0.423 e. The minimum absolute atomic E-state index is 0.140. The number of anilines is 1. The number of hydrogen-bond donors (Lipinski definition) is 2. The second kappa shape index (κ2) is 6.43. The average molecular weight is 332 g/mol. The van der Waals surface area contributed by atoms with Gasteiger partial charge < -0.3 is 10.4 Å². The number of hydrogen-bond acceptors (Lipinski definition) is 4. The molecule has 0 radical (unpaired) electrons. The fourth-order valence-corrected chi connectivity index (χ4v) is 2.73. The van der Waals surface area contributed by atoms with Crippen molar-refractivity contribution >= 4 is 17.3 Å². The quantitative estimate of drug-likeness (QED) is 0.648. The zero-order valence-electron chi connectivity index (χ0n) is 12.0. The Morgan fingerprint density at radius 1 is 1.26 bits per heavy atom. The van der Waals surface area contributed by atoms with Gasteiger partial charge in [0.2, 0.25) is 0 Å². The lowest BCUT2D eigenvalue weighted by Gasteiger charge is -2.27. The van der Waals surface area contributed by atoms with Gasteiger partial charge in [0.25, 0.3) is 5.69 Å². The van der Waals surface area contributed by atoms with Crippen LogP contribution < -0.4 is 5.32 Å². The molecule has 0 aromatic heterocycles. The van der Waals surface area contributed by atoms with Crippen LogP contribution in [0.15, 0.2) is 18.2 Å². The maximum atomic E-state index is 12.9. The molecule has 126 valence electrons. The molecule has 1 aromatic rings. The highest BCUT2D eigenvalue weighted by molar-refractivity contribution is 5.70. The SMILES string of the molecule is O=C(O)[C@H]1CC[C@H](Nc2ccc([N+](=O)[O-])c(C(F)(F)F)c2)CC1. The molecule has 0 spiro atoms. The average Bonchev–Trinajstić information content (AvgIpc) is 2.46. The van der Waals surface area contributed by atoms with Gasteiger partial charge >= 0.3 is 12.1 Å². The molecule has 0 atom stereocenters. The lowest BCUT2D eigenvalue weighted by atomic mass is 9.86. The Balaban J connectivity index is 2.13. The first-order chi connectivity index (χ1) is 10.7. The monoisotopic (exact) mass is 332 g/mol. The van der Waals surface area contributed by atoms with Crippen LogP contribution in [0.3, 0.4) is 0 Å². The highest BCUT2D eigenvalue weighted by atomic mass is 19.4. The minimum Gasteiger partial charge on any atom is -0.481 e. The van der Waals surface area contributed by atoms with E-state index in [1.807, 2.05) is 0 Å². The molecule has 0 unspecified atom stereocenters. The summed E-state index contributed by atoms with van der Waals surface area (Å²) in [6.45, 7) is 0. The zero-order valence-corrected chi connectivity index (χ0v) is 12.0. The molecule has 1 aromatic carbocycles. The molecule has 0 heterocycles. The number of nitro benzene ring substituents is 1. The minimum atomic E-state index is -4.82. The van der Waals surface area contributed by atoms with Gasteiger partial charge in [-0.1, -0.05) is 0 Å². The number of aliphatic carboxylic acids is 1. The number of carbonyl (C=O) groups is 1.